The van der Waals surface area contributed by atoms with Crippen molar-refractivity contribution in [2.24, 2.45) is 0 Å². The number of hydrogen-bond donors (Lipinski definition) is 0. The van der Waals surface area contributed by atoms with Crippen molar-refractivity contribution in [1.29, 1.82) is 0 Å². The highest BCUT2D eigenvalue weighted by Gasteiger charge is 2.19. The minimum Gasteiger partial charge on any atom is -0.462 e. The Kier molecular flexibility index (Phi) is 66.2. The molecule has 0 saturated carbocycles. The van der Waals surface area contributed by atoms with Crippen molar-refractivity contribution in [3.05, 3.63) is 85.1 Å². The zero-order chi connectivity index (χ0) is 58.5. The van der Waals surface area contributed by atoms with Crippen molar-refractivity contribution in [2.45, 2.75) is 361 Å². The lowest BCUT2D eigenvalue weighted by atomic mass is 10.0. The lowest BCUT2D eigenvalue weighted by Gasteiger charge is -2.18. The normalized spacial score (nSPS) is 12.6. The number of unbranched alkanes of at least 4 members (excludes halogenated alkanes) is 39. The van der Waals surface area contributed by atoms with Crippen LogP contribution in [0.4, 0.5) is 0 Å². The van der Waals surface area contributed by atoms with Gasteiger partial charge >= 0.3 is 17.9 Å². The fourth-order valence-electron chi connectivity index (χ4n) is 10.1. The molecule has 6 heteroatoms. The second kappa shape index (κ2) is 69.1. The van der Waals surface area contributed by atoms with Gasteiger partial charge in [0, 0.05) is 19.3 Å². The van der Waals surface area contributed by atoms with Gasteiger partial charge in [-0.3, -0.25) is 14.4 Å². The average molecular weight is 1130 g/mol. The summed E-state index contributed by atoms with van der Waals surface area (Å²) in [6.45, 7) is 6.52. The third-order valence-corrected chi connectivity index (χ3v) is 15.4. The Morgan fingerprint density at radius 2 is 0.481 bits per heavy atom. The van der Waals surface area contributed by atoms with Crippen LogP contribution in [0.3, 0.4) is 0 Å². The zero-order valence-corrected chi connectivity index (χ0v) is 53.8. The molecule has 468 valence electrons. The van der Waals surface area contributed by atoms with Crippen molar-refractivity contribution in [3.8, 4) is 0 Å². The van der Waals surface area contributed by atoms with Crippen molar-refractivity contribution in [2.75, 3.05) is 13.2 Å². The number of ether oxygens (including phenoxy) is 3. The summed E-state index contributed by atoms with van der Waals surface area (Å²) >= 11 is 0. The van der Waals surface area contributed by atoms with Crippen LogP contribution in [0.25, 0.3) is 0 Å². The molecule has 0 saturated heterocycles. The molecule has 0 aromatic heterocycles. The van der Waals surface area contributed by atoms with Gasteiger partial charge in [-0.15, -0.1) is 0 Å². The number of carbonyl (C=O) groups excluding carboxylic acids is 3. The number of hydrogen-bond acceptors (Lipinski definition) is 6. The largest absolute Gasteiger partial charge is 0.462 e. The Bertz CT molecular complexity index is 1530. The van der Waals surface area contributed by atoms with E-state index in [-0.39, 0.29) is 31.1 Å². The van der Waals surface area contributed by atoms with Gasteiger partial charge in [-0.25, -0.2) is 0 Å². The van der Waals surface area contributed by atoms with Crippen molar-refractivity contribution >= 4 is 17.9 Å². The highest BCUT2D eigenvalue weighted by molar-refractivity contribution is 5.71. The predicted octanol–water partition coefficient (Wildman–Crippen LogP) is 24.2. The number of rotatable bonds is 64. The third-order valence-electron chi connectivity index (χ3n) is 15.4. The van der Waals surface area contributed by atoms with Crippen LogP contribution in [0.2, 0.25) is 0 Å². The predicted molar refractivity (Wildman–Crippen MR) is 353 cm³/mol. The lowest BCUT2D eigenvalue weighted by molar-refractivity contribution is -0.167. The van der Waals surface area contributed by atoms with Gasteiger partial charge in [0.1, 0.15) is 13.2 Å². The van der Waals surface area contributed by atoms with Crippen LogP contribution in [0.1, 0.15) is 355 Å². The summed E-state index contributed by atoms with van der Waals surface area (Å²) in [6.07, 6.45) is 91.9. The van der Waals surface area contributed by atoms with E-state index < -0.39 is 6.10 Å². The van der Waals surface area contributed by atoms with E-state index >= 15 is 0 Å². The van der Waals surface area contributed by atoms with Crippen molar-refractivity contribution in [3.63, 3.8) is 0 Å². The molecule has 1 atom stereocenters. The molecular formula is C75H132O6. The van der Waals surface area contributed by atoms with Crippen molar-refractivity contribution < 1.29 is 28.6 Å². The number of allylic oxidation sites excluding steroid dienone is 14. The number of esters is 3. The standard InChI is InChI=1S/C75H132O6/c1-4-7-10-13-16-19-22-25-27-29-31-33-35-36-37-38-40-41-43-45-47-50-53-56-59-62-65-68-74(77)80-71-72(70-79-73(76)67-64-61-58-55-52-49-24-21-18-15-12-9-6-3)81-75(78)69-66-63-60-57-54-51-48-46-44-42-39-34-32-30-28-26-23-20-17-14-11-8-5-2/h9,12,18,21-23,25-26,29-32,49,52,72H,4-8,10-11,13-17,19-20,24,27-28,33-48,50-51,53-71H2,1-3H3/b12-9-,21-18-,25-22-,26-23-,31-29-,32-30-,52-49-. The maximum atomic E-state index is 12.9. The molecule has 0 aliphatic carbocycles. The van der Waals surface area contributed by atoms with Gasteiger partial charge in [0.25, 0.3) is 0 Å². The SMILES string of the molecule is CC/C=C\C/C=C\C/C=C\CCCCCC(=O)OCC(COC(=O)CCCCCCCCCCCCCCCCC/C=C\C/C=C\CCCCCCC)OC(=O)CCCCCCCCCCCCC/C=C\C/C=C\CCCCCCC. The van der Waals surface area contributed by atoms with Gasteiger partial charge in [0.15, 0.2) is 6.10 Å². The topological polar surface area (TPSA) is 78.9 Å². The zero-order valence-electron chi connectivity index (χ0n) is 53.8. The lowest BCUT2D eigenvalue weighted by Crippen LogP contribution is -2.30. The van der Waals surface area contributed by atoms with Gasteiger partial charge in [0.2, 0.25) is 0 Å². The molecule has 1 unspecified atom stereocenters. The fourth-order valence-corrected chi connectivity index (χ4v) is 10.1. The Labute approximate surface area is 503 Å². The van der Waals surface area contributed by atoms with E-state index in [4.69, 9.17) is 14.2 Å². The molecular weight excluding hydrogens is 997 g/mol. The highest BCUT2D eigenvalue weighted by atomic mass is 16.6. The number of carbonyl (C=O) groups is 3. The molecule has 0 radical (unpaired) electrons. The molecule has 0 bridgehead atoms. The third kappa shape index (κ3) is 67.3. The van der Waals surface area contributed by atoms with Crippen LogP contribution in [0, 0.1) is 0 Å². The van der Waals surface area contributed by atoms with E-state index in [0.29, 0.717) is 19.3 Å². The van der Waals surface area contributed by atoms with Crippen LogP contribution in [0.15, 0.2) is 85.1 Å². The summed E-state index contributed by atoms with van der Waals surface area (Å²) in [6, 6.07) is 0. The Morgan fingerprint density at radius 1 is 0.259 bits per heavy atom. The second-order valence-electron chi connectivity index (χ2n) is 23.4. The summed E-state index contributed by atoms with van der Waals surface area (Å²) in [5, 5.41) is 0. The molecule has 0 rings (SSSR count). The van der Waals surface area contributed by atoms with Gasteiger partial charge in [-0.1, -0.05) is 305 Å². The van der Waals surface area contributed by atoms with Crippen LogP contribution in [-0.2, 0) is 28.6 Å². The average Bonchev–Trinajstić information content (AvgIpc) is 3.46. The van der Waals surface area contributed by atoms with Crippen LogP contribution >= 0.6 is 0 Å². The minimum atomic E-state index is -0.791. The molecule has 0 heterocycles. The van der Waals surface area contributed by atoms with Gasteiger partial charge in [0.05, 0.1) is 0 Å². The monoisotopic (exact) mass is 1130 g/mol. The second-order valence-corrected chi connectivity index (χ2v) is 23.4. The molecule has 0 aromatic carbocycles. The molecule has 0 spiro atoms. The molecule has 81 heavy (non-hydrogen) atoms. The summed E-state index contributed by atoms with van der Waals surface area (Å²) in [4.78, 5) is 38.4. The summed E-state index contributed by atoms with van der Waals surface area (Å²) in [7, 11) is 0. The van der Waals surface area contributed by atoms with Crippen LogP contribution < -0.4 is 0 Å². The van der Waals surface area contributed by atoms with E-state index in [1.54, 1.807) is 0 Å². The molecule has 0 aliphatic rings. The Balaban J connectivity index is 4.27. The van der Waals surface area contributed by atoms with Gasteiger partial charge in [-0.05, 0) is 116 Å². The molecule has 0 fully saturated rings. The Morgan fingerprint density at radius 3 is 0.765 bits per heavy atom. The smallest absolute Gasteiger partial charge is 0.306 e. The first-order chi connectivity index (χ1) is 40.0. The molecule has 0 N–H and O–H groups in total. The van der Waals surface area contributed by atoms with E-state index in [2.05, 4.69) is 106 Å². The Hall–Kier alpha value is -3.41. The molecule has 0 aliphatic heterocycles. The molecule has 0 aromatic rings. The summed E-state index contributed by atoms with van der Waals surface area (Å²) in [5.41, 5.74) is 0. The van der Waals surface area contributed by atoms with Crippen LogP contribution in [0.5, 0.6) is 0 Å². The summed E-state index contributed by atoms with van der Waals surface area (Å²) in [5.74, 6) is -0.901. The molecule has 0 amide bonds. The quantitative estimate of drug-likeness (QED) is 0.0261. The fraction of sp³-hybridized carbons (Fsp3) is 0.773. The maximum Gasteiger partial charge on any atom is 0.306 e. The van der Waals surface area contributed by atoms with Crippen LogP contribution in [-0.4, -0.2) is 37.2 Å². The highest BCUT2D eigenvalue weighted by Crippen LogP contribution is 2.17. The van der Waals surface area contributed by atoms with Gasteiger partial charge < -0.3 is 14.2 Å². The summed E-state index contributed by atoms with van der Waals surface area (Å²) < 4.78 is 16.9. The first kappa shape index (κ1) is 77.6. The first-order valence-electron chi connectivity index (χ1n) is 35.1. The van der Waals surface area contributed by atoms with E-state index in [1.165, 1.54) is 218 Å². The molecule has 6 nitrogen and oxygen atoms in total. The van der Waals surface area contributed by atoms with E-state index in [9.17, 15) is 14.4 Å². The maximum absolute atomic E-state index is 12.9. The first-order valence-corrected chi connectivity index (χ1v) is 35.1. The minimum absolute atomic E-state index is 0.0846. The van der Waals surface area contributed by atoms with Gasteiger partial charge in [-0.2, -0.15) is 0 Å². The van der Waals surface area contributed by atoms with Crippen molar-refractivity contribution in [1.82, 2.24) is 0 Å². The van der Waals surface area contributed by atoms with E-state index in [1.807, 2.05) is 0 Å². The van der Waals surface area contributed by atoms with E-state index in [0.717, 1.165) is 96.3 Å².